The first kappa shape index (κ1) is 61.1. The normalized spacial score (nSPS) is 13.0. The minimum Gasteiger partial charge on any atom is -0.462 e. The monoisotopic (exact) mass is 901 g/mol. The van der Waals surface area contributed by atoms with Crippen LogP contribution in [-0.2, 0) is 28.6 Å². The van der Waals surface area contributed by atoms with Gasteiger partial charge in [0.1, 0.15) is 13.2 Å². The predicted molar refractivity (Wildman–Crippen MR) is 279 cm³/mol. The van der Waals surface area contributed by atoms with Gasteiger partial charge in [-0.2, -0.15) is 0 Å². The van der Waals surface area contributed by atoms with Crippen LogP contribution in [-0.4, -0.2) is 37.2 Å². The fourth-order valence-corrected chi connectivity index (χ4v) is 6.85. The molecule has 0 bridgehead atoms. The summed E-state index contributed by atoms with van der Waals surface area (Å²) >= 11 is 0. The minimum absolute atomic E-state index is 0.0951. The van der Waals surface area contributed by atoms with Gasteiger partial charge in [-0.25, -0.2) is 0 Å². The van der Waals surface area contributed by atoms with Gasteiger partial charge in [0, 0.05) is 19.3 Å². The molecule has 0 aromatic carbocycles. The summed E-state index contributed by atoms with van der Waals surface area (Å²) in [5.74, 6) is -0.970. The molecule has 0 saturated carbocycles. The van der Waals surface area contributed by atoms with E-state index in [0.29, 0.717) is 19.3 Å². The molecule has 0 saturated heterocycles. The van der Waals surface area contributed by atoms with E-state index in [-0.39, 0.29) is 37.5 Å². The Balaban J connectivity index is 4.28. The van der Waals surface area contributed by atoms with Crippen LogP contribution in [0.5, 0.6) is 0 Å². The fraction of sp³-hybridized carbons (Fsp3) is 0.644. The van der Waals surface area contributed by atoms with Crippen molar-refractivity contribution in [3.05, 3.63) is 109 Å². The molecule has 0 radical (unpaired) electrons. The lowest BCUT2D eigenvalue weighted by Gasteiger charge is -2.18. The Kier molecular flexibility index (Phi) is 49.5. The number of ether oxygens (including phenoxy) is 3. The molecule has 1 unspecified atom stereocenters. The van der Waals surface area contributed by atoms with Crippen LogP contribution in [0.2, 0.25) is 0 Å². The summed E-state index contributed by atoms with van der Waals surface area (Å²) < 4.78 is 16.6. The SMILES string of the molecule is CC/C=C\C/C=C\C/C=C\C/C=C\C/C=C\C/C=C\C/C=C\C/C=C\C/C=C\CCCC(=O)OCC(COC(=O)CCCCCCCCC)OC(=O)CCCCCCCCCCCCC. The number of carbonyl (C=O) groups excluding carboxylic acids is 3. The third-order valence-corrected chi connectivity index (χ3v) is 10.8. The lowest BCUT2D eigenvalue weighted by molar-refractivity contribution is -0.167. The van der Waals surface area contributed by atoms with Crippen LogP contribution >= 0.6 is 0 Å². The Morgan fingerprint density at radius 3 is 0.938 bits per heavy atom. The van der Waals surface area contributed by atoms with Crippen molar-refractivity contribution < 1.29 is 28.6 Å². The average molecular weight is 901 g/mol. The highest BCUT2D eigenvalue weighted by atomic mass is 16.6. The van der Waals surface area contributed by atoms with Crippen LogP contribution in [0, 0.1) is 0 Å². The highest BCUT2D eigenvalue weighted by molar-refractivity contribution is 5.71. The van der Waals surface area contributed by atoms with Gasteiger partial charge in [-0.15, -0.1) is 0 Å². The maximum absolute atomic E-state index is 12.7. The van der Waals surface area contributed by atoms with E-state index in [2.05, 4.69) is 130 Å². The van der Waals surface area contributed by atoms with E-state index in [0.717, 1.165) is 103 Å². The molecular formula is C59H96O6. The topological polar surface area (TPSA) is 78.9 Å². The summed E-state index contributed by atoms with van der Waals surface area (Å²) in [5, 5.41) is 0. The van der Waals surface area contributed by atoms with E-state index < -0.39 is 6.10 Å². The van der Waals surface area contributed by atoms with Gasteiger partial charge in [0.25, 0.3) is 0 Å². The van der Waals surface area contributed by atoms with Crippen molar-refractivity contribution in [3.63, 3.8) is 0 Å². The number of carbonyl (C=O) groups is 3. The fourth-order valence-electron chi connectivity index (χ4n) is 6.85. The molecule has 368 valence electrons. The first-order chi connectivity index (χ1) is 32.0. The van der Waals surface area contributed by atoms with E-state index in [4.69, 9.17) is 14.2 Å². The number of hydrogen-bond acceptors (Lipinski definition) is 6. The second kappa shape index (κ2) is 52.7. The zero-order valence-electron chi connectivity index (χ0n) is 42.0. The summed E-state index contributed by atoms with van der Waals surface area (Å²) in [6.45, 7) is 6.41. The number of allylic oxidation sites excluding steroid dienone is 18. The van der Waals surface area contributed by atoms with Crippen LogP contribution in [0.15, 0.2) is 109 Å². The van der Waals surface area contributed by atoms with E-state index in [9.17, 15) is 14.4 Å². The molecule has 65 heavy (non-hydrogen) atoms. The van der Waals surface area contributed by atoms with Crippen molar-refractivity contribution in [1.82, 2.24) is 0 Å². The summed E-state index contributed by atoms with van der Waals surface area (Å²) in [7, 11) is 0. The molecule has 0 amide bonds. The van der Waals surface area contributed by atoms with Crippen LogP contribution in [0.1, 0.15) is 226 Å². The first-order valence-electron chi connectivity index (χ1n) is 26.4. The molecule has 6 nitrogen and oxygen atoms in total. The van der Waals surface area contributed by atoms with Gasteiger partial charge in [-0.05, 0) is 83.5 Å². The molecular weight excluding hydrogens is 805 g/mol. The Morgan fingerprint density at radius 2 is 0.600 bits per heavy atom. The second-order valence-electron chi connectivity index (χ2n) is 17.1. The number of rotatable bonds is 46. The zero-order valence-corrected chi connectivity index (χ0v) is 42.0. The highest BCUT2D eigenvalue weighted by Crippen LogP contribution is 2.14. The van der Waals surface area contributed by atoms with Gasteiger partial charge in [-0.3, -0.25) is 14.4 Å². The van der Waals surface area contributed by atoms with Crippen LogP contribution in [0.25, 0.3) is 0 Å². The zero-order chi connectivity index (χ0) is 47.2. The van der Waals surface area contributed by atoms with Crippen LogP contribution in [0.3, 0.4) is 0 Å². The Labute approximate surface area is 400 Å². The summed E-state index contributed by atoms with van der Waals surface area (Å²) in [4.78, 5) is 37.7. The third kappa shape index (κ3) is 50.9. The predicted octanol–water partition coefficient (Wildman–Crippen LogP) is 17.5. The molecule has 0 aliphatic rings. The quantitative estimate of drug-likeness (QED) is 0.0262. The van der Waals surface area contributed by atoms with Crippen molar-refractivity contribution in [2.24, 2.45) is 0 Å². The van der Waals surface area contributed by atoms with Crippen molar-refractivity contribution >= 4 is 17.9 Å². The molecule has 6 heteroatoms. The second-order valence-corrected chi connectivity index (χ2v) is 17.1. The van der Waals surface area contributed by atoms with Gasteiger partial charge >= 0.3 is 17.9 Å². The standard InChI is InChI=1S/C59H96O6/c1-4-7-10-13-16-18-20-21-22-23-24-25-26-27-28-29-30-31-32-33-34-35-36-37-39-40-43-46-49-52-58(61)64-55-56(54-63-57(60)51-48-45-42-15-12-9-6-3)65-59(62)53-50-47-44-41-38-19-17-14-11-8-5-2/h7,10,16,18,21-22,24-25,27-28,30-31,33-34,36-37,40,43,56H,4-6,8-9,11-15,17,19-20,23,26,29,32,35,38-39,41-42,44-55H2,1-3H3/b10-7-,18-16-,22-21-,25-24-,28-27-,31-30-,34-33-,37-36-,43-40-. The summed E-state index contributed by atoms with van der Waals surface area (Å²) in [6.07, 6.45) is 71.1. The van der Waals surface area contributed by atoms with Gasteiger partial charge in [-0.1, -0.05) is 233 Å². The van der Waals surface area contributed by atoms with E-state index >= 15 is 0 Å². The molecule has 0 N–H and O–H groups in total. The van der Waals surface area contributed by atoms with Crippen molar-refractivity contribution in [2.45, 2.75) is 232 Å². The van der Waals surface area contributed by atoms with Gasteiger partial charge in [0.2, 0.25) is 0 Å². The molecule has 0 rings (SSSR count). The molecule has 0 heterocycles. The van der Waals surface area contributed by atoms with Crippen molar-refractivity contribution in [2.75, 3.05) is 13.2 Å². The van der Waals surface area contributed by atoms with Gasteiger partial charge in [0.05, 0.1) is 0 Å². The minimum atomic E-state index is -0.796. The van der Waals surface area contributed by atoms with Crippen molar-refractivity contribution in [3.8, 4) is 0 Å². The maximum atomic E-state index is 12.7. The molecule has 0 aliphatic carbocycles. The van der Waals surface area contributed by atoms with Crippen LogP contribution < -0.4 is 0 Å². The Morgan fingerprint density at radius 1 is 0.323 bits per heavy atom. The highest BCUT2D eigenvalue weighted by Gasteiger charge is 2.19. The third-order valence-electron chi connectivity index (χ3n) is 10.8. The Bertz CT molecular complexity index is 1360. The van der Waals surface area contributed by atoms with Crippen LogP contribution in [0.4, 0.5) is 0 Å². The van der Waals surface area contributed by atoms with E-state index in [1.165, 1.54) is 77.0 Å². The van der Waals surface area contributed by atoms with E-state index in [1.807, 2.05) is 0 Å². The average Bonchev–Trinajstić information content (AvgIpc) is 3.30. The number of unbranched alkanes of at least 4 members (excludes halogenated alkanes) is 17. The molecule has 0 aromatic rings. The molecule has 0 spiro atoms. The molecule has 1 atom stereocenters. The molecule has 0 fully saturated rings. The van der Waals surface area contributed by atoms with Gasteiger partial charge in [0.15, 0.2) is 6.10 Å². The molecule has 0 aromatic heterocycles. The lowest BCUT2D eigenvalue weighted by Crippen LogP contribution is -2.30. The van der Waals surface area contributed by atoms with Gasteiger partial charge < -0.3 is 14.2 Å². The van der Waals surface area contributed by atoms with Crippen molar-refractivity contribution in [1.29, 1.82) is 0 Å². The maximum Gasteiger partial charge on any atom is 0.306 e. The Hall–Kier alpha value is -3.93. The summed E-state index contributed by atoms with van der Waals surface area (Å²) in [5.41, 5.74) is 0. The molecule has 0 aliphatic heterocycles. The summed E-state index contributed by atoms with van der Waals surface area (Å²) in [6, 6.07) is 0. The number of hydrogen-bond donors (Lipinski definition) is 0. The lowest BCUT2D eigenvalue weighted by atomic mass is 10.1. The first-order valence-corrected chi connectivity index (χ1v) is 26.4. The largest absolute Gasteiger partial charge is 0.462 e. The number of esters is 3. The van der Waals surface area contributed by atoms with E-state index in [1.54, 1.807) is 0 Å². The smallest absolute Gasteiger partial charge is 0.306 e.